The molecule has 5 nitrogen and oxygen atoms in total. The third kappa shape index (κ3) is 1.56. The minimum atomic E-state index is -0.200. The molecule has 1 aromatic heterocycles. The Morgan fingerprint density at radius 1 is 1.21 bits per heavy atom. The Kier molecular flexibility index (Phi) is 2.14. The summed E-state index contributed by atoms with van der Waals surface area (Å²) in [6.07, 6.45) is 0. The van der Waals surface area contributed by atoms with Gasteiger partial charge in [-0.15, -0.1) is 0 Å². The predicted octanol–water partition coefficient (Wildman–Crippen LogP) is 0.0251. The van der Waals surface area contributed by atoms with Gasteiger partial charge in [0.25, 0.3) is 0 Å². The van der Waals surface area contributed by atoms with Gasteiger partial charge in [-0.3, -0.25) is 0 Å². The lowest BCUT2D eigenvalue weighted by molar-refractivity contribution is 0.631. The molecule has 14 heavy (non-hydrogen) atoms. The van der Waals surface area contributed by atoms with E-state index in [0.717, 1.165) is 5.56 Å². The average molecular weight is 190 g/mol. The number of tetrazole rings is 1. The normalized spacial score (nSPS) is 10.4. The molecule has 1 aromatic carbocycles. The summed E-state index contributed by atoms with van der Waals surface area (Å²) >= 11 is 0. The second kappa shape index (κ2) is 3.45. The summed E-state index contributed by atoms with van der Waals surface area (Å²) in [5.41, 5.74) is 0.837. The Labute approximate surface area is 80.6 Å². The number of nitrogens with zero attached hydrogens (tertiary/aromatic N) is 4. The van der Waals surface area contributed by atoms with Gasteiger partial charge < -0.3 is 0 Å². The van der Waals surface area contributed by atoms with Crippen LogP contribution < -0.4 is 5.69 Å². The lowest BCUT2D eigenvalue weighted by Gasteiger charge is -1.97. The average Bonchev–Trinajstić information content (AvgIpc) is 2.52. The lowest BCUT2D eigenvalue weighted by Crippen LogP contribution is -2.23. The van der Waals surface area contributed by atoms with E-state index >= 15 is 0 Å². The van der Waals surface area contributed by atoms with Gasteiger partial charge in [0.15, 0.2) is 0 Å². The highest BCUT2D eigenvalue weighted by Crippen LogP contribution is 1.98. The number of aryl methyl sites for hydroxylation is 1. The maximum atomic E-state index is 11.4. The number of benzene rings is 1. The van der Waals surface area contributed by atoms with Crippen LogP contribution in [0.15, 0.2) is 35.1 Å². The van der Waals surface area contributed by atoms with Gasteiger partial charge >= 0.3 is 5.69 Å². The van der Waals surface area contributed by atoms with Gasteiger partial charge in [0.2, 0.25) is 0 Å². The van der Waals surface area contributed by atoms with Crippen LogP contribution in [0.2, 0.25) is 0 Å². The predicted molar refractivity (Wildman–Crippen MR) is 50.8 cm³/mol. The van der Waals surface area contributed by atoms with Gasteiger partial charge in [0.1, 0.15) is 0 Å². The van der Waals surface area contributed by atoms with Crippen molar-refractivity contribution >= 4 is 0 Å². The monoisotopic (exact) mass is 190 g/mol. The maximum absolute atomic E-state index is 11.4. The second-order valence-corrected chi connectivity index (χ2v) is 3.03. The van der Waals surface area contributed by atoms with Gasteiger partial charge in [-0.25, -0.2) is 4.79 Å². The third-order valence-corrected chi connectivity index (χ3v) is 1.95. The van der Waals surface area contributed by atoms with E-state index in [0.29, 0.717) is 6.54 Å². The topological polar surface area (TPSA) is 52.7 Å². The Morgan fingerprint density at radius 3 is 2.50 bits per heavy atom. The minimum Gasteiger partial charge on any atom is -0.244 e. The zero-order valence-electron chi connectivity index (χ0n) is 7.79. The van der Waals surface area contributed by atoms with Crippen LogP contribution in [0, 0.1) is 0 Å². The highest BCUT2D eigenvalue weighted by Gasteiger charge is 2.02. The fourth-order valence-electron chi connectivity index (χ4n) is 1.21. The zero-order chi connectivity index (χ0) is 9.97. The van der Waals surface area contributed by atoms with E-state index in [4.69, 9.17) is 0 Å². The van der Waals surface area contributed by atoms with E-state index in [1.807, 2.05) is 30.3 Å². The minimum absolute atomic E-state index is 0.200. The summed E-state index contributed by atoms with van der Waals surface area (Å²) in [5, 5.41) is 7.36. The maximum Gasteiger partial charge on any atom is 0.363 e. The van der Waals surface area contributed by atoms with Crippen LogP contribution in [0.3, 0.4) is 0 Å². The van der Waals surface area contributed by atoms with E-state index in [-0.39, 0.29) is 5.69 Å². The van der Waals surface area contributed by atoms with Crippen molar-refractivity contribution in [3.63, 3.8) is 0 Å². The molecule has 0 atom stereocenters. The smallest absolute Gasteiger partial charge is 0.244 e. The molecule has 0 aliphatic carbocycles. The molecule has 2 rings (SSSR count). The summed E-state index contributed by atoms with van der Waals surface area (Å²) in [6, 6.07) is 9.68. The first kappa shape index (κ1) is 8.68. The molecule has 2 aromatic rings. The van der Waals surface area contributed by atoms with Gasteiger partial charge in [0.05, 0.1) is 6.54 Å². The molecule has 0 aliphatic rings. The van der Waals surface area contributed by atoms with Crippen molar-refractivity contribution in [2.75, 3.05) is 0 Å². The van der Waals surface area contributed by atoms with Crippen LogP contribution in [0.1, 0.15) is 5.56 Å². The Hall–Kier alpha value is -1.91. The number of hydrogen-bond donors (Lipinski definition) is 0. The number of aromatic nitrogens is 4. The van der Waals surface area contributed by atoms with Gasteiger partial charge in [-0.1, -0.05) is 30.3 Å². The fraction of sp³-hybridized carbons (Fsp3) is 0.222. The molecule has 5 heteroatoms. The van der Waals surface area contributed by atoms with Gasteiger partial charge in [0, 0.05) is 7.05 Å². The molecule has 0 spiro atoms. The van der Waals surface area contributed by atoms with E-state index in [1.54, 1.807) is 7.05 Å². The van der Waals surface area contributed by atoms with Gasteiger partial charge in [-0.05, 0) is 16.0 Å². The number of rotatable bonds is 2. The quantitative estimate of drug-likeness (QED) is 0.671. The van der Waals surface area contributed by atoms with Crippen LogP contribution in [0.4, 0.5) is 0 Å². The van der Waals surface area contributed by atoms with Crippen molar-refractivity contribution in [1.29, 1.82) is 0 Å². The van der Waals surface area contributed by atoms with Crippen LogP contribution in [-0.4, -0.2) is 19.8 Å². The van der Waals surface area contributed by atoms with E-state index in [2.05, 4.69) is 10.4 Å². The fourth-order valence-corrected chi connectivity index (χ4v) is 1.21. The molecule has 72 valence electrons. The van der Waals surface area contributed by atoms with Crippen molar-refractivity contribution in [3.05, 3.63) is 46.4 Å². The van der Waals surface area contributed by atoms with Crippen molar-refractivity contribution in [1.82, 2.24) is 19.8 Å². The molecule has 0 saturated heterocycles. The highest BCUT2D eigenvalue weighted by atomic mass is 16.2. The highest BCUT2D eigenvalue weighted by molar-refractivity contribution is 5.14. The van der Waals surface area contributed by atoms with Gasteiger partial charge in [-0.2, -0.15) is 9.36 Å². The van der Waals surface area contributed by atoms with E-state index < -0.39 is 0 Å². The molecule has 0 fully saturated rings. The van der Waals surface area contributed by atoms with E-state index in [9.17, 15) is 4.79 Å². The summed E-state index contributed by atoms with van der Waals surface area (Å²) in [5.74, 6) is 0. The molecule has 0 bridgehead atoms. The first-order valence-electron chi connectivity index (χ1n) is 4.28. The summed E-state index contributed by atoms with van der Waals surface area (Å²) in [4.78, 5) is 11.4. The van der Waals surface area contributed by atoms with E-state index in [1.165, 1.54) is 9.36 Å². The lowest BCUT2D eigenvalue weighted by atomic mass is 10.2. The van der Waals surface area contributed by atoms with Crippen LogP contribution in [-0.2, 0) is 13.6 Å². The molecular weight excluding hydrogens is 180 g/mol. The third-order valence-electron chi connectivity index (χ3n) is 1.95. The molecular formula is C9H10N4O. The zero-order valence-corrected chi connectivity index (χ0v) is 7.79. The molecule has 0 unspecified atom stereocenters. The van der Waals surface area contributed by atoms with Crippen molar-refractivity contribution in [3.8, 4) is 0 Å². The molecule has 0 amide bonds. The summed E-state index contributed by atoms with van der Waals surface area (Å²) < 4.78 is 2.54. The molecule has 1 heterocycles. The Balaban J connectivity index is 2.28. The molecule has 0 N–H and O–H groups in total. The molecule has 0 saturated carbocycles. The number of hydrogen-bond acceptors (Lipinski definition) is 3. The Bertz CT molecular complexity index is 471. The van der Waals surface area contributed by atoms with Crippen LogP contribution in [0.25, 0.3) is 0 Å². The standard InChI is InChI=1S/C9H10N4O/c1-12-9(14)13(11-10-12)7-8-5-3-2-4-6-8/h2-6H,7H2,1H3. The summed E-state index contributed by atoms with van der Waals surface area (Å²) in [7, 11) is 1.58. The van der Waals surface area contributed by atoms with Crippen LogP contribution >= 0.6 is 0 Å². The largest absolute Gasteiger partial charge is 0.363 e. The summed E-state index contributed by atoms with van der Waals surface area (Å²) in [6.45, 7) is 0.466. The van der Waals surface area contributed by atoms with Crippen LogP contribution in [0.5, 0.6) is 0 Å². The van der Waals surface area contributed by atoms with Crippen molar-refractivity contribution in [2.24, 2.45) is 7.05 Å². The second-order valence-electron chi connectivity index (χ2n) is 3.03. The first-order valence-corrected chi connectivity index (χ1v) is 4.28. The SMILES string of the molecule is Cn1nnn(Cc2ccccc2)c1=O. The Morgan fingerprint density at radius 2 is 1.93 bits per heavy atom. The van der Waals surface area contributed by atoms with Crippen molar-refractivity contribution < 1.29 is 0 Å². The van der Waals surface area contributed by atoms with Crippen molar-refractivity contribution in [2.45, 2.75) is 6.54 Å². The first-order chi connectivity index (χ1) is 6.77. The molecule has 0 radical (unpaired) electrons. The molecule has 0 aliphatic heterocycles.